The molecule has 0 heterocycles. The van der Waals surface area contributed by atoms with E-state index < -0.39 is 0 Å². The van der Waals surface area contributed by atoms with Gasteiger partial charge in [0, 0.05) is 5.92 Å². The summed E-state index contributed by atoms with van der Waals surface area (Å²) in [4.78, 5) is 12.9. The summed E-state index contributed by atoms with van der Waals surface area (Å²) in [6.45, 7) is 4.52. The van der Waals surface area contributed by atoms with Crippen LogP contribution < -0.4 is 0 Å². The number of rotatable bonds is 0. The van der Waals surface area contributed by atoms with Crippen LogP contribution in [0.5, 0.6) is 0 Å². The molecule has 0 aromatic carbocycles. The van der Waals surface area contributed by atoms with Crippen LogP contribution in [0.1, 0.15) is 58.8 Å². The zero-order chi connectivity index (χ0) is 15.7. The second-order valence-electron chi connectivity index (χ2n) is 8.76. The first-order chi connectivity index (χ1) is 10.4. The first-order valence-electron chi connectivity index (χ1n) is 8.97. The molecule has 0 spiro atoms. The van der Waals surface area contributed by atoms with E-state index in [-0.39, 0.29) is 34.7 Å². The van der Waals surface area contributed by atoms with Gasteiger partial charge in [0.1, 0.15) is 0 Å². The third-order valence-electron chi connectivity index (χ3n) is 7.87. The third-order valence-corrected chi connectivity index (χ3v) is 7.87. The van der Waals surface area contributed by atoms with Gasteiger partial charge in [0.2, 0.25) is 0 Å². The summed E-state index contributed by atoms with van der Waals surface area (Å²) in [7, 11) is 0. The molecule has 4 aliphatic rings. The molecule has 0 unspecified atom stereocenters. The van der Waals surface area contributed by atoms with E-state index in [4.69, 9.17) is 0 Å². The summed E-state index contributed by atoms with van der Waals surface area (Å²) in [6, 6.07) is 0. The fraction of sp³-hybridized carbons (Fsp3) is 0.842. The van der Waals surface area contributed by atoms with Crippen molar-refractivity contribution in [3.05, 3.63) is 11.6 Å². The van der Waals surface area contributed by atoms with E-state index in [9.17, 15) is 15.0 Å². The highest BCUT2D eigenvalue weighted by molar-refractivity contribution is 5.94. The van der Waals surface area contributed by atoms with Crippen molar-refractivity contribution in [1.82, 2.24) is 0 Å². The Labute approximate surface area is 132 Å². The molecule has 0 aromatic rings. The molecular weight excluding hydrogens is 276 g/mol. The van der Waals surface area contributed by atoms with Gasteiger partial charge in [-0.25, -0.2) is 0 Å². The fourth-order valence-electron chi connectivity index (χ4n) is 6.36. The number of fused-ring (bicyclic) bond motifs is 5. The van der Waals surface area contributed by atoms with E-state index in [0.29, 0.717) is 18.3 Å². The average Bonchev–Trinajstić information content (AvgIpc) is 2.77. The second-order valence-corrected chi connectivity index (χ2v) is 8.76. The molecule has 0 amide bonds. The van der Waals surface area contributed by atoms with Gasteiger partial charge in [-0.1, -0.05) is 19.4 Å². The van der Waals surface area contributed by atoms with Gasteiger partial charge in [0.15, 0.2) is 5.78 Å². The lowest BCUT2D eigenvalue weighted by Gasteiger charge is -2.56. The number of ketones is 1. The smallest absolute Gasteiger partial charge is 0.159 e. The van der Waals surface area contributed by atoms with Crippen LogP contribution in [0, 0.1) is 28.6 Å². The maximum Gasteiger partial charge on any atom is 0.159 e. The number of carbonyl (C=O) groups excluding carboxylic acids is 1. The van der Waals surface area contributed by atoms with Crippen molar-refractivity contribution < 1.29 is 15.0 Å². The van der Waals surface area contributed by atoms with E-state index in [0.717, 1.165) is 38.5 Å². The van der Waals surface area contributed by atoms with Gasteiger partial charge in [0.05, 0.1) is 12.2 Å². The molecule has 3 saturated carbocycles. The minimum absolute atomic E-state index is 0.0628. The summed E-state index contributed by atoms with van der Waals surface area (Å²) < 4.78 is 0. The van der Waals surface area contributed by atoms with Crippen LogP contribution in [0.2, 0.25) is 0 Å². The van der Waals surface area contributed by atoms with E-state index in [2.05, 4.69) is 13.8 Å². The first-order valence-corrected chi connectivity index (χ1v) is 8.97. The Kier molecular flexibility index (Phi) is 3.16. The van der Waals surface area contributed by atoms with Gasteiger partial charge in [-0.15, -0.1) is 0 Å². The number of aliphatic hydroxyl groups excluding tert-OH is 2. The summed E-state index contributed by atoms with van der Waals surface area (Å²) >= 11 is 0. The summed E-state index contributed by atoms with van der Waals surface area (Å²) in [6.07, 6.45) is 7.83. The summed E-state index contributed by atoms with van der Waals surface area (Å²) in [5.74, 6) is 1.13. The maximum atomic E-state index is 12.9. The Balaban J connectivity index is 1.75. The Hall–Kier alpha value is -0.670. The Bertz CT molecular complexity index is 539. The third kappa shape index (κ3) is 1.78. The zero-order valence-corrected chi connectivity index (χ0v) is 13.7. The lowest BCUT2D eigenvalue weighted by atomic mass is 9.47. The summed E-state index contributed by atoms with van der Waals surface area (Å²) in [5.41, 5.74) is 1.22. The molecule has 0 aromatic heterocycles. The van der Waals surface area contributed by atoms with Gasteiger partial charge < -0.3 is 10.2 Å². The number of allylic oxidation sites excluding steroid dienone is 1. The van der Waals surface area contributed by atoms with E-state index in [1.807, 2.05) is 6.08 Å². The minimum Gasteiger partial charge on any atom is -0.393 e. The molecule has 3 fully saturated rings. The van der Waals surface area contributed by atoms with Crippen molar-refractivity contribution in [2.45, 2.75) is 71.0 Å². The fourth-order valence-corrected chi connectivity index (χ4v) is 6.36. The van der Waals surface area contributed by atoms with E-state index >= 15 is 0 Å². The number of hydrogen-bond donors (Lipinski definition) is 2. The Morgan fingerprint density at radius 2 is 1.82 bits per heavy atom. The van der Waals surface area contributed by atoms with Crippen LogP contribution in [0.4, 0.5) is 0 Å². The van der Waals surface area contributed by atoms with Crippen LogP contribution in [-0.4, -0.2) is 28.2 Å². The number of hydrogen-bond acceptors (Lipinski definition) is 3. The van der Waals surface area contributed by atoms with Crippen molar-refractivity contribution in [1.29, 1.82) is 0 Å². The first kappa shape index (κ1) is 14.9. The largest absolute Gasteiger partial charge is 0.393 e. The highest BCUT2D eigenvalue weighted by atomic mass is 16.3. The Morgan fingerprint density at radius 1 is 1.05 bits per heavy atom. The van der Waals surface area contributed by atoms with Crippen LogP contribution in [0.3, 0.4) is 0 Å². The van der Waals surface area contributed by atoms with Crippen LogP contribution in [0.25, 0.3) is 0 Å². The molecule has 0 bridgehead atoms. The monoisotopic (exact) mass is 304 g/mol. The number of aliphatic hydroxyl groups is 2. The van der Waals surface area contributed by atoms with Crippen molar-refractivity contribution >= 4 is 5.78 Å². The lowest BCUT2D eigenvalue weighted by molar-refractivity contribution is -0.136. The molecule has 4 aliphatic carbocycles. The van der Waals surface area contributed by atoms with Crippen molar-refractivity contribution in [2.75, 3.05) is 0 Å². The molecule has 122 valence electrons. The maximum absolute atomic E-state index is 12.9. The van der Waals surface area contributed by atoms with Crippen LogP contribution in [0.15, 0.2) is 11.6 Å². The van der Waals surface area contributed by atoms with Crippen LogP contribution >= 0.6 is 0 Å². The van der Waals surface area contributed by atoms with Crippen molar-refractivity contribution in [3.8, 4) is 0 Å². The van der Waals surface area contributed by atoms with E-state index in [1.54, 1.807) is 0 Å². The molecule has 22 heavy (non-hydrogen) atoms. The number of carbonyl (C=O) groups is 1. The van der Waals surface area contributed by atoms with Crippen molar-refractivity contribution in [3.63, 3.8) is 0 Å². The molecule has 0 aliphatic heterocycles. The quantitative estimate of drug-likeness (QED) is 0.723. The predicted octanol–water partition coefficient (Wildman–Crippen LogP) is 2.85. The molecule has 0 radical (unpaired) electrons. The minimum atomic E-state index is -0.272. The van der Waals surface area contributed by atoms with Gasteiger partial charge in [-0.3, -0.25) is 4.79 Å². The zero-order valence-electron chi connectivity index (χ0n) is 13.7. The highest BCUT2D eigenvalue weighted by Crippen LogP contribution is 2.63. The topological polar surface area (TPSA) is 57.5 Å². The van der Waals surface area contributed by atoms with Gasteiger partial charge in [-0.05, 0) is 73.7 Å². The van der Waals surface area contributed by atoms with Gasteiger partial charge in [0.25, 0.3) is 0 Å². The molecule has 2 N–H and O–H groups in total. The SMILES string of the molecule is C[C@]12CC[C@H]3[C@@H](C(=O)C=C4C[C@@H](O)CC[C@@]43C)[C@@H]1CC[C@@H]2O. The molecule has 3 heteroatoms. The van der Waals surface area contributed by atoms with Crippen molar-refractivity contribution in [2.24, 2.45) is 28.6 Å². The highest BCUT2D eigenvalue weighted by Gasteiger charge is 2.60. The summed E-state index contributed by atoms with van der Waals surface area (Å²) in [5, 5.41) is 20.4. The van der Waals surface area contributed by atoms with Gasteiger partial charge >= 0.3 is 0 Å². The second kappa shape index (κ2) is 4.67. The average molecular weight is 304 g/mol. The van der Waals surface area contributed by atoms with Gasteiger partial charge in [-0.2, -0.15) is 0 Å². The molecular formula is C19H28O3. The Morgan fingerprint density at radius 3 is 2.59 bits per heavy atom. The molecule has 7 atom stereocenters. The lowest BCUT2D eigenvalue weighted by Crippen LogP contribution is -2.54. The van der Waals surface area contributed by atoms with E-state index in [1.165, 1.54) is 5.57 Å². The predicted molar refractivity (Wildman–Crippen MR) is 84.1 cm³/mol. The molecule has 4 rings (SSSR count). The normalized spacial score (nSPS) is 54.3. The molecule has 0 saturated heterocycles. The molecule has 3 nitrogen and oxygen atoms in total. The standard InChI is InChI=1S/C19H28O3/c1-18-7-5-12(20)9-11(18)10-15(21)17-13-3-4-16(22)19(13,2)8-6-14(17)18/h10,12-14,16-17,20,22H,3-9H2,1-2H3/t12-,13-,14-,16-,17-,18-,19-/m0/s1. The van der Waals surface area contributed by atoms with Crippen LogP contribution in [-0.2, 0) is 4.79 Å².